The van der Waals surface area contributed by atoms with Crippen LogP contribution in [0.1, 0.15) is 35.2 Å². The van der Waals surface area contributed by atoms with Gasteiger partial charge in [0.1, 0.15) is 0 Å². The summed E-state index contributed by atoms with van der Waals surface area (Å²) in [7, 11) is 3.49. The Morgan fingerprint density at radius 3 is 2.62 bits per heavy atom. The van der Waals surface area contributed by atoms with Crippen LogP contribution in [-0.4, -0.2) is 40.0 Å². The van der Waals surface area contributed by atoms with Crippen molar-refractivity contribution in [3.8, 4) is 5.69 Å². The van der Waals surface area contributed by atoms with Crippen LogP contribution in [0.25, 0.3) is 27.6 Å². The lowest BCUT2D eigenvalue weighted by molar-refractivity contribution is -0.137. The second kappa shape index (κ2) is 8.47. The van der Waals surface area contributed by atoms with Crippen LogP contribution in [0.3, 0.4) is 0 Å². The zero-order valence-electron chi connectivity index (χ0n) is 18.9. The van der Waals surface area contributed by atoms with Gasteiger partial charge in [-0.05, 0) is 55.3 Å². The van der Waals surface area contributed by atoms with Crippen LogP contribution >= 0.6 is 0 Å². The number of hydrogen-bond acceptors (Lipinski definition) is 3. The van der Waals surface area contributed by atoms with Crippen LogP contribution in [0.5, 0.6) is 0 Å². The molecule has 9 heteroatoms. The van der Waals surface area contributed by atoms with Crippen LogP contribution in [0.4, 0.5) is 13.2 Å². The molecule has 1 N–H and O–H groups in total. The maximum Gasteiger partial charge on any atom is 0.416 e. The molecule has 0 bridgehead atoms. The highest BCUT2D eigenvalue weighted by Crippen LogP contribution is 2.34. The minimum absolute atomic E-state index is 0.164. The van der Waals surface area contributed by atoms with Gasteiger partial charge in [-0.1, -0.05) is 6.42 Å². The van der Waals surface area contributed by atoms with E-state index in [0.717, 1.165) is 47.7 Å². The molecule has 2 unspecified atom stereocenters. The van der Waals surface area contributed by atoms with Gasteiger partial charge in [0.2, 0.25) is 0 Å². The van der Waals surface area contributed by atoms with Crippen molar-refractivity contribution in [1.29, 1.82) is 0 Å². The monoisotopic (exact) mass is 470 g/mol. The molecule has 0 saturated heterocycles. The van der Waals surface area contributed by atoms with Gasteiger partial charge in [0.05, 0.1) is 17.2 Å². The van der Waals surface area contributed by atoms with Crippen molar-refractivity contribution >= 4 is 27.8 Å². The SMILES string of the molecule is COC1CCCC1CNC(=O)c1ccc2c(c1)c1cn(C)nc1n2-c1ccc(C(F)(F)F)cc1. The van der Waals surface area contributed by atoms with E-state index in [1.807, 2.05) is 22.9 Å². The lowest BCUT2D eigenvalue weighted by Crippen LogP contribution is -2.33. The molecule has 6 nitrogen and oxygen atoms in total. The molecule has 0 aliphatic heterocycles. The van der Waals surface area contributed by atoms with Gasteiger partial charge >= 0.3 is 6.18 Å². The van der Waals surface area contributed by atoms with Crippen molar-refractivity contribution in [3.63, 3.8) is 0 Å². The maximum absolute atomic E-state index is 13.0. The van der Waals surface area contributed by atoms with Crippen LogP contribution in [-0.2, 0) is 18.0 Å². The molecule has 4 aromatic rings. The molecule has 1 saturated carbocycles. The summed E-state index contributed by atoms with van der Waals surface area (Å²) in [6.45, 7) is 0.560. The Morgan fingerprint density at radius 1 is 1.15 bits per heavy atom. The number of nitrogens with one attached hydrogen (secondary N) is 1. The molecular weight excluding hydrogens is 445 g/mol. The zero-order valence-corrected chi connectivity index (χ0v) is 18.9. The Kier molecular flexibility index (Phi) is 5.59. The topological polar surface area (TPSA) is 61.1 Å². The fourth-order valence-electron chi connectivity index (χ4n) is 4.97. The summed E-state index contributed by atoms with van der Waals surface area (Å²) < 4.78 is 48.1. The Morgan fingerprint density at radius 2 is 1.91 bits per heavy atom. The molecule has 34 heavy (non-hydrogen) atoms. The molecule has 2 aromatic heterocycles. The summed E-state index contributed by atoms with van der Waals surface area (Å²) in [6, 6.07) is 10.4. The quantitative estimate of drug-likeness (QED) is 0.443. The number of carbonyl (C=O) groups is 1. The van der Waals surface area contributed by atoms with Crippen molar-refractivity contribution in [2.45, 2.75) is 31.5 Å². The molecule has 1 aliphatic carbocycles. The van der Waals surface area contributed by atoms with E-state index in [0.29, 0.717) is 29.4 Å². The number of amides is 1. The van der Waals surface area contributed by atoms with E-state index in [9.17, 15) is 18.0 Å². The number of carbonyl (C=O) groups excluding carboxylic acids is 1. The lowest BCUT2D eigenvalue weighted by atomic mass is 10.1. The fraction of sp³-hybridized carbons (Fsp3) is 0.360. The molecule has 0 radical (unpaired) electrons. The second-order valence-corrected chi connectivity index (χ2v) is 8.83. The minimum atomic E-state index is -4.40. The molecular formula is C25H25F3N4O2. The number of nitrogens with zero attached hydrogens (tertiary/aromatic N) is 3. The number of ether oxygens (including phenoxy) is 1. The van der Waals surface area contributed by atoms with E-state index >= 15 is 0 Å². The van der Waals surface area contributed by atoms with Crippen molar-refractivity contribution in [2.24, 2.45) is 13.0 Å². The van der Waals surface area contributed by atoms with E-state index in [1.165, 1.54) is 12.1 Å². The lowest BCUT2D eigenvalue weighted by Gasteiger charge is -2.18. The number of alkyl halides is 3. The van der Waals surface area contributed by atoms with Gasteiger partial charge in [0.25, 0.3) is 5.91 Å². The summed E-state index contributed by atoms with van der Waals surface area (Å²) in [5, 5.41) is 9.18. The van der Waals surface area contributed by atoms with E-state index in [4.69, 9.17) is 4.74 Å². The summed E-state index contributed by atoms with van der Waals surface area (Å²) in [4.78, 5) is 12.9. The predicted octanol–water partition coefficient (Wildman–Crippen LogP) is 5.08. The largest absolute Gasteiger partial charge is 0.416 e. The Labute approximate surface area is 194 Å². The molecule has 1 aliphatic rings. The third-order valence-corrected chi connectivity index (χ3v) is 6.68. The highest BCUT2D eigenvalue weighted by atomic mass is 19.4. The van der Waals surface area contributed by atoms with Gasteiger partial charge in [-0.2, -0.15) is 18.3 Å². The van der Waals surface area contributed by atoms with Gasteiger partial charge in [-0.3, -0.25) is 14.0 Å². The molecule has 5 rings (SSSR count). The number of aryl methyl sites for hydroxylation is 1. The van der Waals surface area contributed by atoms with Crippen molar-refractivity contribution in [3.05, 3.63) is 59.8 Å². The molecule has 0 spiro atoms. The molecule has 1 amide bonds. The van der Waals surface area contributed by atoms with Gasteiger partial charge in [0, 0.05) is 54.8 Å². The van der Waals surface area contributed by atoms with Crippen molar-refractivity contribution in [2.75, 3.05) is 13.7 Å². The van der Waals surface area contributed by atoms with Crippen LogP contribution in [0.2, 0.25) is 0 Å². The predicted molar refractivity (Wildman–Crippen MR) is 123 cm³/mol. The number of benzene rings is 2. The molecule has 2 heterocycles. The molecule has 2 atom stereocenters. The number of methoxy groups -OCH3 is 1. The summed E-state index contributed by atoms with van der Waals surface area (Å²) in [5.41, 5.74) is 1.76. The average Bonchev–Trinajstić information content (AvgIpc) is 3.50. The Hall–Kier alpha value is -3.33. The average molecular weight is 470 g/mol. The third kappa shape index (κ3) is 3.94. The first-order chi connectivity index (χ1) is 16.3. The van der Waals surface area contributed by atoms with E-state index in [1.54, 1.807) is 24.9 Å². The van der Waals surface area contributed by atoms with E-state index < -0.39 is 11.7 Å². The first-order valence-corrected chi connectivity index (χ1v) is 11.2. The normalized spacial score (nSPS) is 18.7. The van der Waals surface area contributed by atoms with Crippen LogP contribution in [0.15, 0.2) is 48.7 Å². The highest BCUT2D eigenvalue weighted by molar-refractivity contribution is 6.10. The minimum Gasteiger partial charge on any atom is -0.381 e. The molecule has 178 valence electrons. The smallest absolute Gasteiger partial charge is 0.381 e. The third-order valence-electron chi connectivity index (χ3n) is 6.68. The number of hydrogen-bond donors (Lipinski definition) is 1. The van der Waals surface area contributed by atoms with Gasteiger partial charge in [-0.15, -0.1) is 0 Å². The zero-order chi connectivity index (χ0) is 24.0. The van der Waals surface area contributed by atoms with E-state index in [2.05, 4.69) is 10.4 Å². The Bertz CT molecular complexity index is 1350. The second-order valence-electron chi connectivity index (χ2n) is 8.83. The van der Waals surface area contributed by atoms with Gasteiger partial charge < -0.3 is 10.1 Å². The first-order valence-electron chi connectivity index (χ1n) is 11.2. The molecule has 2 aromatic carbocycles. The standard InChI is InChI=1S/C25H25F3N4O2/c1-31-14-20-19-12-15(24(33)29-13-16-4-3-5-22(16)34-2)6-11-21(19)32(23(20)30-31)18-9-7-17(8-10-18)25(26,27)28/h6-12,14,16,22H,3-5,13H2,1-2H3,(H,29,33). The van der Waals surface area contributed by atoms with Crippen molar-refractivity contribution < 1.29 is 22.7 Å². The number of rotatable bonds is 5. The maximum atomic E-state index is 13.0. The summed E-state index contributed by atoms with van der Waals surface area (Å²) >= 11 is 0. The van der Waals surface area contributed by atoms with Gasteiger partial charge in [0.15, 0.2) is 5.65 Å². The van der Waals surface area contributed by atoms with Crippen molar-refractivity contribution in [1.82, 2.24) is 19.7 Å². The van der Waals surface area contributed by atoms with Crippen LogP contribution < -0.4 is 5.32 Å². The molecule has 1 fully saturated rings. The first kappa shape index (κ1) is 22.5. The highest BCUT2D eigenvalue weighted by Gasteiger charge is 2.30. The number of halogens is 3. The number of fused-ring (bicyclic) bond motifs is 3. The van der Waals surface area contributed by atoms with Gasteiger partial charge in [-0.25, -0.2) is 0 Å². The summed E-state index contributed by atoms with van der Waals surface area (Å²) in [6.07, 6.45) is 0.768. The summed E-state index contributed by atoms with van der Waals surface area (Å²) in [5.74, 6) is 0.145. The number of aromatic nitrogens is 3. The van der Waals surface area contributed by atoms with Crippen LogP contribution in [0, 0.1) is 5.92 Å². The Balaban J connectivity index is 1.49. The fourth-order valence-corrected chi connectivity index (χ4v) is 4.97. The van der Waals surface area contributed by atoms with E-state index in [-0.39, 0.29) is 12.0 Å².